The average molecular weight is 347 g/mol. The maximum absolute atomic E-state index is 11.7. The van der Waals surface area contributed by atoms with Gasteiger partial charge in [-0.1, -0.05) is 51.1 Å². The predicted molar refractivity (Wildman–Crippen MR) is 102 cm³/mol. The van der Waals surface area contributed by atoms with Crippen molar-refractivity contribution >= 4 is 0 Å². The van der Waals surface area contributed by atoms with E-state index in [0.717, 1.165) is 57.9 Å². The van der Waals surface area contributed by atoms with Crippen LogP contribution in [0.5, 0.6) is 0 Å². The van der Waals surface area contributed by atoms with Gasteiger partial charge in [0, 0.05) is 26.2 Å². The first-order valence-corrected chi connectivity index (χ1v) is 9.71. The van der Waals surface area contributed by atoms with Crippen LogP contribution in [0.15, 0.2) is 30.3 Å². The van der Waals surface area contributed by atoms with Crippen LogP contribution in [-0.2, 0) is 10.3 Å². The zero-order valence-corrected chi connectivity index (χ0v) is 16.1. The minimum Gasteiger partial charge on any atom is -0.383 e. The van der Waals surface area contributed by atoms with E-state index >= 15 is 0 Å². The molecule has 4 heteroatoms. The highest BCUT2D eigenvalue weighted by Gasteiger charge is 2.45. The number of aliphatic hydroxyl groups is 1. The van der Waals surface area contributed by atoms with Crippen molar-refractivity contribution in [2.75, 3.05) is 45.9 Å². The second kappa shape index (κ2) is 7.75. The molecule has 2 aliphatic rings. The predicted octanol–water partition coefficient (Wildman–Crippen LogP) is 2.72. The molecule has 0 bridgehead atoms. The summed E-state index contributed by atoms with van der Waals surface area (Å²) in [6.07, 6.45) is 1.98. The van der Waals surface area contributed by atoms with Crippen molar-refractivity contribution < 1.29 is 9.84 Å². The Balaban J connectivity index is 1.78. The van der Waals surface area contributed by atoms with Crippen molar-refractivity contribution in [1.82, 2.24) is 9.80 Å². The van der Waals surface area contributed by atoms with Crippen LogP contribution in [-0.4, -0.2) is 66.9 Å². The first-order valence-electron chi connectivity index (χ1n) is 9.71. The molecule has 1 aromatic rings. The number of piperidine rings is 1. The zero-order chi connectivity index (χ0) is 17.9. The Morgan fingerprint density at radius 1 is 1.12 bits per heavy atom. The zero-order valence-electron chi connectivity index (χ0n) is 16.1. The van der Waals surface area contributed by atoms with E-state index in [1.807, 2.05) is 18.2 Å². The molecular weight excluding hydrogens is 312 g/mol. The van der Waals surface area contributed by atoms with Crippen LogP contribution in [0.3, 0.4) is 0 Å². The summed E-state index contributed by atoms with van der Waals surface area (Å²) in [5.74, 6) is 0. The van der Waals surface area contributed by atoms with E-state index in [1.54, 1.807) is 0 Å². The number of benzene rings is 1. The summed E-state index contributed by atoms with van der Waals surface area (Å²) in [5.41, 5.74) is 0.639. The van der Waals surface area contributed by atoms with Crippen LogP contribution in [0.2, 0.25) is 0 Å². The molecule has 2 saturated heterocycles. The van der Waals surface area contributed by atoms with E-state index in [2.05, 4.69) is 42.7 Å². The quantitative estimate of drug-likeness (QED) is 0.909. The molecule has 2 atom stereocenters. The Morgan fingerprint density at radius 3 is 2.44 bits per heavy atom. The maximum atomic E-state index is 11.7. The first kappa shape index (κ1) is 18.8. The SMILES string of the molecule is CC(C)(C)CCN1CC[C@](O)(c2ccccc2)[C@H](N2CCOCC2)C1. The number of morpholine rings is 1. The second-order valence-electron chi connectivity index (χ2n) is 8.82. The van der Waals surface area contributed by atoms with Gasteiger partial charge in [0.2, 0.25) is 0 Å². The van der Waals surface area contributed by atoms with E-state index < -0.39 is 5.60 Å². The maximum Gasteiger partial charge on any atom is 0.108 e. The van der Waals surface area contributed by atoms with Gasteiger partial charge in [-0.3, -0.25) is 4.90 Å². The van der Waals surface area contributed by atoms with Gasteiger partial charge in [0.1, 0.15) is 5.60 Å². The third kappa shape index (κ3) is 4.62. The monoisotopic (exact) mass is 346 g/mol. The van der Waals surface area contributed by atoms with E-state index in [1.165, 1.54) is 6.42 Å². The molecule has 0 saturated carbocycles. The Labute approximate surface area is 152 Å². The van der Waals surface area contributed by atoms with Crippen molar-refractivity contribution in [2.45, 2.75) is 45.3 Å². The van der Waals surface area contributed by atoms with Gasteiger partial charge in [-0.15, -0.1) is 0 Å². The largest absolute Gasteiger partial charge is 0.383 e. The second-order valence-corrected chi connectivity index (χ2v) is 8.82. The van der Waals surface area contributed by atoms with E-state index in [9.17, 15) is 5.11 Å². The lowest BCUT2D eigenvalue weighted by atomic mass is 9.79. The van der Waals surface area contributed by atoms with E-state index in [-0.39, 0.29) is 6.04 Å². The molecule has 2 fully saturated rings. The minimum atomic E-state index is -0.767. The van der Waals surface area contributed by atoms with Crippen molar-refractivity contribution in [3.05, 3.63) is 35.9 Å². The standard InChI is InChI=1S/C21H34N2O2/c1-20(2,3)9-11-22-12-10-21(24,18-7-5-4-6-8-18)19(17-22)23-13-15-25-16-14-23/h4-8,19,24H,9-17H2,1-3H3/t19-,21+/m1/s1. The fraction of sp³-hybridized carbons (Fsp3) is 0.714. The highest BCUT2D eigenvalue weighted by Crippen LogP contribution is 2.36. The van der Waals surface area contributed by atoms with Crippen LogP contribution >= 0.6 is 0 Å². The molecule has 140 valence electrons. The summed E-state index contributed by atoms with van der Waals surface area (Å²) < 4.78 is 5.55. The Hall–Kier alpha value is -0.940. The fourth-order valence-corrected chi connectivity index (χ4v) is 4.05. The van der Waals surface area contributed by atoms with Crippen LogP contribution in [0.4, 0.5) is 0 Å². The van der Waals surface area contributed by atoms with Crippen molar-refractivity contribution in [3.63, 3.8) is 0 Å². The van der Waals surface area contributed by atoms with Crippen LogP contribution in [0.1, 0.15) is 39.2 Å². The number of hydrogen-bond acceptors (Lipinski definition) is 4. The van der Waals surface area contributed by atoms with Crippen molar-refractivity contribution in [1.29, 1.82) is 0 Å². The van der Waals surface area contributed by atoms with E-state index in [0.29, 0.717) is 5.41 Å². The number of nitrogens with zero attached hydrogens (tertiary/aromatic N) is 2. The molecule has 0 aromatic heterocycles. The molecule has 4 nitrogen and oxygen atoms in total. The fourth-order valence-electron chi connectivity index (χ4n) is 4.05. The topological polar surface area (TPSA) is 35.9 Å². The molecule has 2 heterocycles. The van der Waals surface area contributed by atoms with Gasteiger partial charge in [0.05, 0.1) is 19.3 Å². The summed E-state index contributed by atoms with van der Waals surface area (Å²) >= 11 is 0. The summed E-state index contributed by atoms with van der Waals surface area (Å²) in [5, 5.41) is 11.7. The Morgan fingerprint density at radius 2 is 1.80 bits per heavy atom. The molecule has 0 radical (unpaired) electrons. The highest BCUT2D eigenvalue weighted by atomic mass is 16.5. The minimum absolute atomic E-state index is 0.132. The third-order valence-corrected chi connectivity index (χ3v) is 5.73. The van der Waals surface area contributed by atoms with Crippen LogP contribution < -0.4 is 0 Å². The molecule has 0 unspecified atom stereocenters. The van der Waals surface area contributed by atoms with Crippen molar-refractivity contribution in [2.24, 2.45) is 5.41 Å². The molecule has 1 N–H and O–H groups in total. The van der Waals surface area contributed by atoms with Gasteiger partial charge in [-0.05, 0) is 30.4 Å². The van der Waals surface area contributed by atoms with Gasteiger partial charge >= 0.3 is 0 Å². The van der Waals surface area contributed by atoms with Gasteiger partial charge in [0.15, 0.2) is 0 Å². The molecule has 1 aromatic carbocycles. The third-order valence-electron chi connectivity index (χ3n) is 5.73. The lowest BCUT2D eigenvalue weighted by Crippen LogP contribution is -2.62. The average Bonchev–Trinajstić information content (AvgIpc) is 2.62. The van der Waals surface area contributed by atoms with Crippen LogP contribution in [0, 0.1) is 5.41 Å². The number of likely N-dealkylation sites (tertiary alicyclic amines) is 1. The molecule has 0 aliphatic carbocycles. The number of rotatable bonds is 4. The smallest absolute Gasteiger partial charge is 0.108 e. The summed E-state index contributed by atoms with van der Waals surface area (Å²) in [7, 11) is 0. The normalized spacial score (nSPS) is 29.7. The van der Waals surface area contributed by atoms with Gasteiger partial charge in [-0.2, -0.15) is 0 Å². The summed E-state index contributed by atoms with van der Waals surface area (Å²) in [6.45, 7) is 13.3. The first-order chi connectivity index (χ1) is 11.9. The molecule has 25 heavy (non-hydrogen) atoms. The van der Waals surface area contributed by atoms with Crippen molar-refractivity contribution in [3.8, 4) is 0 Å². The van der Waals surface area contributed by atoms with E-state index in [4.69, 9.17) is 4.74 Å². The van der Waals surface area contributed by atoms with Gasteiger partial charge < -0.3 is 14.7 Å². The molecule has 0 spiro atoms. The Bertz CT molecular complexity index is 537. The van der Waals surface area contributed by atoms with Crippen LogP contribution in [0.25, 0.3) is 0 Å². The number of ether oxygens (including phenoxy) is 1. The number of hydrogen-bond donors (Lipinski definition) is 1. The summed E-state index contributed by atoms with van der Waals surface area (Å²) in [4.78, 5) is 4.99. The molecule has 2 aliphatic heterocycles. The lowest BCUT2D eigenvalue weighted by molar-refractivity contribution is -0.119. The van der Waals surface area contributed by atoms with Gasteiger partial charge in [-0.25, -0.2) is 0 Å². The highest BCUT2D eigenvalue weighted by molar-refractivity contribution is 5.26. The molecule has 3 rings (SSSR count). The Kier molecular flexibility index (Phi) is 5.84. The molecule has 0 amide bonds. The lowest BCUT2D eigenvalue weighted by Gasteiger charge is -2.50. The van der Waals surface area contributed by atoms with Gasteiger partial charge in [0.25, 0.3) is 0 Å². The molecular formula is C21H34N2O2. The summed E-state index contributed by atoms with van der Waals surface area (Å²) in [6, 6.07) is 10.4.